The Morgan fingerprint density at radius 3 is 2.30 bits per heavy atom. The molecule has 0 spiro atoms. The first-order chi connectivity index (χ1) is 19.5. The molecular formula is C33H26N4O3. The van der Waals surface area contributed by atoms with Crippen LogP contribution in [0.25, 0.3) is 72.2 Å². The number of fused-ring (bicyclic) bond motifs is 8. The predicted molar refractivity (Wildman–Crippen MR) is 157 cm³/mol. The molecule has 8 rings (SSSR count). The second-order valence-corrected chi connectivity index (χ2v) is 10.9. The summed E-state index contributed by atoms with van der Waals surface area (Å²) < 4.78 is 20.5. The van der Waals surface area contributed by atoms with Crippen molar-refractivity contribution in [2.45, 2.75) is 39.5 Å². The Kier molecular flexibility index (Phi) is 4.77. The van der Waals surface area contributed by atoms with Crippen LogP contribution in [0.15, 0.2) is 86.7 Å². The molecule has 0 bridgehead atoms. The molecule has 4 aromatic carbocycles. The minimum atomic E-state index is 0.312. The Morgan fingerprint density at radius 2 is 1.50 bits per heavy atom. The Labute approximate surface area is 229 Å². The summed E-state index contributed by atoms with van der Waals surface area (Å²) in [5, 5.41) is 1.75. The Morgan fingerprint density at radius 1 is 0.725 bits per heavy atom. The van der Waals surface area contributed by atoms with E-state index in [1.54, 1.807) is 0 Å². The van der Waals surface area contributed by atoms with E-state index >= 15 is 0 Å². The first kappa shape index (κ1) is 23.0. The number of oxazole rings is 2. The van der Waals surface area contributed by atoms with Gasteiger partial charge in [0.1, 0.15) is 16.9 Å². The van der Waals surface area contributed by atoms with Gasteiger partial charge < -0.3 is 13.3 Å². The van der Waals surface area contributed by atoms with Crippen LogP contribution in [0.2, 0.25) is 0 Å². The van der Waals surface area contributed by atoms with Crippen molar-refractivity contribution in [3.8, 4) is 17.1 Å². The lowest BCUT2D eigenvalue weighted by Gasteiger charge is -2.22. The van der Waals surface area contributed by atoms with Gasteiger partial charge >= 0.3 is 0 Å². The number of benzene rings is 4. The van der Waals surface area contributed by atoms with Crippen LogP contribution in [0, 0.1) is 0 Å². The zero-order valence-corrected chi connectivity index (χ0v) is 22.6. The van der Waals surface area contributed by atoms with E-state index in [2.05, 4.69) is 78.6 Å². The smallest absolute Gasteiger partial charge is 0.182 e. The van der Waals surface area contributed by atoms with Crippen LogP contribution >= 0.6 is 0 Å². The molecule has 4 aromatic heterocycles. The monoisotopic (exact) mass is 526 g/mol. The summed E-state index contributed by atoms with van der Waals surface area (Å²) in [6, 6.07) is 20.8. The maximum absolute atomic E-state index is 6.67. The van der Waals surface area contributed by atoms with Crippen LogP contribution < -0.4 is 0 Å². The van der Waals surface area contributed by atoms with Gasteiger partial charge in [-0.25, -0.2) is 15.0 Å². The number of nitrogens with zero attached hydrogens (tertiary/aromatic N) is 4. The quantitative estimate of drug-likeness (QED) is 0.227. The van der Waals surface area contributed by atoms with Gasteiger partial charge in [-0.05, 0) is 53.3 Å². The Hall–Kier alpha value is -4.91. The van der Waals surface area contributed by atoms with Gasteiger partial charge in [-0.3, -0.25) is 4.57 Å². The Bertz CT molecular complexity index is 2220. The normalized spacial score (nSPS) is 12.4. The standard InChI is InChI=1S/C33H26N4O3/c1-17(2)19-8-7-9-20(18(3)4)29(19)37-25-11-6-5-10-23(25)36-33(37)22-14-24-32(39-15-34-24)27-21-12-13-26-28(35-16-38-26)31(21)40-30(22)27/h5-18H,1-4H3. The zero-order valence-electron chi connectivity index (χ0n) is 22.6. The molecule has 40 heavy (non-hydrogen) atoms. The lowest BCUT2D eigenvalue weighted by molar-refractivity contribution is 0.602. The zero-order chi connectivity index (χ0) is 27.1. The van der Waals surface area contributed by atoms with Crippen LogP contribution in [0.4, 0.5) is 0 Å². The van der Waals surface area contributed by atoms with Gasteiger partial charge in [0.2, 0.25) is 0 Å². The fourth-order valence-corrected chi connectivity index (χ4v) is 6.01. The summed E-state index contributed by atoms with van der Waals surface area (Å²) in [6.45, 7) is 8.96. The molecule has 4 heterocycles. The second-order valence-electron chi connectivity index (χ2n) is 10.9. The van der Waals surface area contributed by atoms with E-state index in [4.69, 9.17) is 18.2 Å². The van der Waals surface area contributed by atoms with E-state index in [1.165, 1.54) is 29.6 Å². The summed E-state index contributed by atoms with van der Waals surface area (Å²) >= 11 is 0. The van der Waals surface area contributed by atoms with Gasteiger partial charge in [-0.2, -0.15) is 0 Å². The molecule has 0 unspecified atom stereocenters. The molecule has 0 radical (unpaired) electrons. The Balaban J connectivity index is 1.57. The molecule has 0 saturated heterocycles. The first-order valence-electron chi connectivity index (χ1n) is 13.6. The minimum Gasteiger partial charge on any atom is -0.453 e. The summed E-state index contributed by atoms with van der Waals surface area (Å²) in [7, 11) is 0. The lowest BCUT2D eigenvalue weighted by Crippen LogP contribution is -2.08. The van der Waals surface area contributed by atoms with E-state index in [0.29, 0.717) is 39.7 Å². The average Bonchev–Trinajstić information content (AvgIpc) is 3.74. The van der Waals surface area contributed by atoms with Gasteiger partial charge in [0, 0.05) is 5.39 Å². The molecule has 8 aromatic rings. The molecule has 0 saturated carbocycles. The number of para-hydroxylation sites is 3. The predicted octanol–water partition coefficient (Wildman–Crippen LogP) is 9.12. The van der Waals surface area contributed by atoms with E-state index in [0.717, 1.165) is 38.7 Å². The molecule has 7 heteroatoms. The van der Waals surface area contributed by atoms with Crippen LogP contribution in [-0.4, -0.2) is 19.5 Å². The third kappa shape index (κ3) is 3.09. The summed E-state index contributed by atoms with van der Waals surface area (Å²) in [6.07, 6.45) is 2.92. The van der Waals surface area contributed by atoms with E-state index in [9.17, 15) is 0 Å². The van der Waals surface area contributed by atoms with Gasteiger partial charge in [-0.15, -0.1) is 0 Å². The molecule has 0 fully saturated rings. The molecule has 196 valence electrons. The van der Waals surface area contributed by atoms with E-state index < -0.39 is 0 Å². The second kappa shape index (κ2) is 8.29. The molecule has 0 aliphatic rings. The fourth-order valence-electron chi connectivity index (χ4n) is 6.01. The molecular weight excluding hydrogens is 500 g/mol. The van der Waals surface area contributed by atoms with Crippen molar-refractivity contribution in [2.24, 2.45) is 0 Å². The third-order valence-corrected chi connectivity index (χ3v) is 7.87. The van der Waals surface area contributed by atoms with Crippen LogP contribution in [0.5, 0.6) is 0 Å². The molecule has 0 atom stereocenters. The van der Waals surface area contributed by atoms with Gasteiger partial charge in [0.25, 0.3) is 0 Å². The van der Waals surface area contributed by atoms with Gasteiger partial charge in [0.15, 0.2) is 35.1 Å². The maximum Gasteiger partial charge on any atom is 0.182 e. The molecule has 0 amide bonds. The van der Waals surface area contributed by atoms with Crippen LogP contribution in [-0.2, 0) is 0 Å². The highest BCUT2D eigenvalue weighted by molar-refractivity contribution is 6.23. The number of aromatic nitrogens is 4. The molecule has 0 aliphatic carbocycles. The molecule has 0 N–H and O–H groups in total. The number of imidazole rings is 1. The number of rotatable bonds is 4. The van der Waals surface area contributed by atoms with Crippen molar-refractivity contribution in [1.29, 1.82) is 0 Å². The van der Waals surface area contributed by atoms with Crippen molar-refractivity contribution < 1.29 is 13.3 Å². The SMILES string of the molecule is CC(C)c1cccc(C(C)C)c1-n1c(-c2cc3ncoc3c3c2oc2c3ccc3ocnc32)nc2ccccc21. The van der Waals surface area contributed by atoms with Gasteiger partial charge in [-0.1, -0.05) is 58.0 Å². The topological polar surface area (TPSA) is 83.0 Å². The van der Waals surface area contributed by atoms with E-state index in [1.807, 2.05) is 24.3 Å². The highest BCUT2D eigenvalue weighted by Gasteiger charge is 2.27. The largest absolute Gasteiger partial charge is 0.453 e. The average molecular weight is 527 g/mol. The van der Waals surface area contributed by atoms with Crippen LogP contribution in [0.3, 0.4) is 0 Å². The van der Waals surface area contributed by atoms with Crippen LogP contribution in [0.1, 0.15) is 50.7 Å². The number of furan rings is 1. The lowest BCUT2D eigenvalue weighted by atomic mass is 9.92. The van der Waals surface area contributed by atoms with Crippen molar-refractivity contribution in [1.82, 2.24) is 19.5 Å². The fraction of sp³-hybridized carbons (Fsp3) is 0.182. The van der Waals surface area contributed by atoms with Gasteiger partial charge in [0.05, 0.1) is 27.7 Å². The van der Waals surface area contributed by atoms with Crippen molar-refractivity contribution >= 4 is 55.2 Å². The van der Waals surface area contributed by atoms with Crippen molar-refractivity contribution in [3.63, 3.8) is 0 Å². The first-order valence-corrected chi connectivity index (χ1v) is 13.6. The maximum atomic E-state index is 6.67. The molecule has 0 aliphatic heterocycles. The summed E-state index contributed by atoms with van der Waals surface area (Å²) in [5.74, 6) is 1.42. The summed E-state index contributed by atoms with van der Waals surface area (Å²) in [5.41, 5.74) is 10.6. The van der Waals surface area contributed by atoms with Crippen molar-refractivity contribution in [3.05, 3.63) is 84.6 Å². The van der Waals surface area contributed by atoms with Crippen molar-refractivity contribution in [2.75, 3.05) is 0 Å². The third-order valence-electron chi connectivity index (χ3n) is 7.87. The highest BCUT2D eigenvalue weighted by atomic mass is 16.4. The van der Waals surface area contributed by atoms with E-state index in [-0.39, 0.29) is 0 Å². The highest BCUT2D eigenvalue weighted by Crippen LogP contribution is 2.44. The minimum absolute atomic E-state index is 0.312. The summed E-state index contributed by atoms with van der Waals surface area (Å²) in [4.78, 5) is 14.2. The number of hydrogen-bond acceptors (Lipinski definition) is 6. The molecule has 7 nitrogen and oxygen atoms in total. The number of hydrogen-bond donors (Lipinski definition) is 0.